The number of anilines is 1. The predicted octanol–water partition coefficient (Wildman–Crippen LogP) is 3.72. The van der Waals surface area contributed by atoms with Gasteiger partial charge in [0.2, 0.25) is 0 Å². The number of halogens is 2. The number of aromatic hydroxyl groups is 1. The van der Waals surface area contributed by atoms with Gasteiger partial charge in [-0.2, -0.15) is 9.86 Å². The Morgan fingerprint density at radius 3 is 2.75 bits per heavy atom. The number of carbonyl (C=O) groups is 1. The number of fused-ring (bicyclic) bond motifs is 1. The van der Waals surface area contributed by atoms with Gasteiger partial charge in [-0.25, -0.2) is 9.07 Å². The van der Waals surface area contributed by atoms with Crippen molar-refractivity contribution in [2.45, 2.75) is 6.54 Å². The zero-order valence-corrected chi connectivity index (χ0v) is 23.1. The summed E-state index contributed by atoms with van der Waals surface area (Å²) in [6.07, 6.45) is 0. The highest BCUT2D eigenvalue weighted by Gasteiger charge is 2.36. The largest absolute Gasteiger partial charge is 0.505 e. The van der Waals surface area contributed by atoms with Gasteiger partial charge in [0.05, 0.1) is 27.4 Å². The first-order chi connectivity index (χ1) is 19.1. The number of benzene rings is 2. The lowest BCUT2D eigenvalue weighted by molar-refractivity contribution is -0.119. The number of rotatable bonds is 8. The molecule has 0 fully saturated rings. The van der Waals surface area contributed by atoms with E-state index in [1.165, 1.54) is 54.8 Å². The van der Waals surface area contributed by atoms with Gasteiger partial charge in [-0.15, -0.1) is 11.3 Å². The fourth-order valence-corrected chi connectivity index (χ4v) is 6.40. The van der Waals surface area contributed by atoms with E-state index in [0.717, 1.165) is 4.68 Å². The maximum Gasteiger partial charge on any atom is 0.348 e. The van der Waals surface area contributed by atoms with Crippen LogP contribution in [0.3, 0.4) is 0 Å². The van der Waals surface area contributed by atoms with E-state index in [2.05, 4.69) is 15.2 Å². The van der Waals surface area contributed by atoms with Crippen molar-refractivity contribution in [3.8, 4) is 22.1 Å². The van der Waals surface area contributed by atoms with Crippen LogP contribution >= 0.6 is 30.5 Å². The van der Waals surface area contributed by atoms with E-state index in [4.69, 9.17) is 26.6 Å². The monoisotopic (exact) mass is 603 g/mol. The van der Waals surface area contributed by atoms with Crippen molar-refractivity contribution in [1.82, 2.24) is 9.78 Å². The Hall–Kier alpha value is -4.03. The van der Waals surface area contributed by atoms with Crippen LogP contribution in [0.1, 0.15) is 11.1 Å². The number of nitrogens with one attached hydrogen (secondary N) is 1. The maximum absolute atomic E-state index is 13.8. The van der Waals surface area contributed by atoms with Crippen LogP contribution in [0, 0.1) is 5.82 Å². The van der Waals surface area contributed by atoms with Crippen LogP contribution in [0.4, 0.5) is 10.1 Å². The van der Waals surface area contributed by atoms with Crippen LogP contribution in [-0.2, 0) is 20.4 Å². The van der Waals surface area contributed by atoms with Gasteiger partial charge in [0, 0.05) is 7.11 Å². The predicted molar refractivity (Wildman–Crippen MR) is 150 cm³/mol. The molecule has 11 nitrogen and oxygen atoms in total. The molecule has 1 unspecified atom stereocenters. The summed E-state index contributed by atoms with van der Waals surface area (Å²) in [4.78, 5) is 25.3. The Kier molecular flexibility index (Phi) is 7.47. The minimum atomic E-state index is -4.00. The van der Waals surface area contributed by atoms with Crippen LogP contribution in [0.2, 0.25) is 5.02 Å². The highest BCUT2D eigenvalue weighted by atomic mass is 35.5. The summed E-state index contributed by atoms with van der Waals surface area (Å²) in [6, 6.07) is 11.8. The van der Waals surface area contributed by atoms with Crippen molar-refractivity contribution >= 4 is 53.2 Å². The molecule has 3 heterocycles. The molecule has 2 aromatic heterocycles. The van der Waals surface area contributed by atoms with Crippen molar-refractivity contribution in [3.63, 3.8) is 0 Å². The molecule has 15 heteroatoms. The maximum atomic E-state index is 13.8. The molecule has 1 aliphatic rings. The molecule has 1 amide bonds. The van der Waals surface area contributed by atoms with Crippen LogP contribution in [-0.4, -0.2) is 40.3 Å². The smallest absolute Gasteiger partial charge is 0.348 e. The summed E-state index contributed by atoms with van der Waals surface area (Å²) < 4.78 is 43.4. The molecule has 0 spiro atoms. The third-order valence-electron chi connectivity index (χ3n) is 5.82. The van der Waals surface area contributed by atoms with E-state index in [-0.39, 0.29) is 45.4 Å². The molecule has 40 heavy (non-hydrogen) atoms. The average molecular weight is 604 g/mol. The molecule has 4 N–H and O–H groups in total. The van der Waals surface area contributed by atoms with Gasteiger partial charge in [0.1, 0.15) is 22.8 Å². The van der Waals surface area contributed by atoms with Crippen molar-refractivity contribution in [2.75, 3.05) is 19.0 Å². The number of ether oxygens (including phenoxy) is 1. The van der Waals surface area contributed by atoms with E-state index in [0.29, 0.717) is 10.4 Å². The molecule has 5 rings (SSSR count). The van der Waals surface area contributed by atoms with Gasteiger partial charge in [0.25, 0.3) is 11.5 Å². The van der Waals surface area contributed by atoms with Crippen molar-refractivity contribution < 1.29 is 28.1 Å². The molecule has 0 aliphatic carbocycles. The van der Waals surface area contributed by atoms with Gasteiger partial charge < -0.3 is 25.4 Å². The second kappa shape index (κ2) is 10.9. The SMILES string of the molecule is COP1(=O)N=C(c2c(O)c(-c3cccs3)nn(Cc3ccc(F)c(Cl)c3)c2=O)Nc2ccc(OCC(N)=O)cc21. The highest BCUT2D eigenvalue weighted by molar-refractivity contribution is 7.66. The van der Waals surface area contributed by atoms with Crippen LogP contribution < -0.4 is 26.7 Å². The Balaban J connectivity index is 1.65. The zero-order valence-electron chi connectivity index (χ0n) is 20.6. The second-order valence-electron chi connectivity index (χ2n) is 8.47. The van der Waals surface area contributed by atoms with E-state index >= 15 is 0 Å². The molecule has 1 atom stereocenters. The van der Waals surface area contributed by atoms with E-state index < -0.39 is 37.2 Å². The van der Waals surface area contributed by atoms with Crippen LogP contribution in [0.15, 0.2) is 63.5 Å². The fraction of sp³-hybridized carbons (Fsp3) is 0.120. The van der Waals surface area contributed by atoms with Crippen molar-refractivity contribution in [2.24, 2.45) is 10.5 Å². The summed E-state index contributed by atoms with van der Waals surface area (Å²) in [5.74, 6) is -1.81. The number of amidine groups is 1. The first kappa shape index (κ1) is 27.5. The molecule has 0 saturated heterocycles. The molecule has 206 valence electrons. The summed E-state index contributed by atoms with van der Waals surface area (Å²) in [7, 11) is -2.81. The lowest BCUT2D eigenvalue weighted by Gasteiger charge is -2.25. The lowest BCUT2D eigenvalue weighted by Crippen LogP contribution is -2.35. The minimum Gasteiger partial charge on any atom is -0.505 e. The van der Waals surface area contributed by atoms with Crippen molar-refractivity contribution in [3.05, 3.63) is 86.2 Å². The fourth-order valence-electron chi connectivity index (χ4n) is 3.96. The number of nitrogens with zero attached hydrogens (tertiary/aromatic N) is 3. The molecule has 4 aromatic rings. The number of hydrogen-bond donors (Lipinski definition) is 3. The Bertz CT molecular complexity index is 1780. The lowest BCUT2D eigenvalue weighted by atomic mass is 10.1. The third-order valence-corrected chi connectivity index (χ3v) is 8.93. The molecule has 0 radical (unpaired) electrons. The summed E-state index contributed by atoms with van der Waals surface area (Å²) in [5.41, 5.74) is 4.89. The first-order valence-corrected chi connectivity index (χ1v) is 14.3. The van der Waals surface area contributed by atoms with Crippen molar-refractivity contribution in [1.29, 1.82) is 0 Å². The Morgan fingerprint density at radius 2 is 2.08 bits per heavy atom. The zero-order chi connectivity index (χ0) is 28.6. The summed E-state index contributed by atoms with van der Waals surface area (Å²) in [6.45, 7) is -0.510. The van der Waals surface area contributed by atoms with Crippen LogP contribution in [0.5, 0.6) is 11.5 Å². The molecular formula is C25H20ClFN5O6PS. The quantitative estimate of drug-likeness (QED) is 0.257. The molecular weight excluding hydrogens is 584 g/mol. The number of carbonyl (C=O) groups excluding carboxylic acids is 1. The molecule has 0 bridgehead atoms. The van der Waals surface area contributed by atoms with E-state index in [1.54, 1.807) is 17.5 Å². The highest BCUT2D eigenvalue weighted by Crippen LogP contribution is 2.52. The number of primary amides is 1. The van der Waals surface area contributed by atoms with Gasteiger partial charge in [-0.05, 0) is 47.3 Å². The number of nitrogens with two attached hydrogens (primary N) is 1. The van der Waals surface area contributed by atoms with Gasteiger partial charge in [0.15, 0.2) is 18.2 Å². The van der Waals surface area contributed by atoms with Gasteiger partial charge in [-0.3, -0.25) is 14.2 Å². The topological polar surface area (TPSA) is 158 Å². The Morgan fingerprint density at radius 1 is 1.27 bits per heavy atom. The summed E-state index contributed by atoms with van der Waals surface area (Å²) in [5, 5.41) is 20.3. The number of hydrogen-bond acceptors (Lipinski definition) is 9. The standard InChI is InChI=1S/C25H20ClFN5O6PS/c1-37-39(36)18-10-14(38-12-20(28)33)5-7-17(18)29-24(31-39)21-23(34)22(19-3-2-8-40-19)30-32(25(21)35)11-13-4-6-16(27)15(26)9-13/h2-10,34H,11-12H2,1H3,(H2,28,33)(H,29,31,36). The molecule has 1 aliphatic heterocycles. The second-order valence-corrected chi connectivity index (χ2v) is 11.9. The minimum absolute atomic E-state index is 0.0792. The summed E-state index contributed by atoms with van der Waals surface area (Å²) >= 11 is 7.20. The number of amides is 1. The molecule has 0 saturated carbocycles. The van der Waals surface area contributed by atoms with E-state index in [1.807, 2.05) is 0 Å². The number of thiophene rings is 1. The van der Waals surface area contributed by atoms with Gasteiger partial charge in [-0.1, -0.05) is 23.7 Å². The first-order valence-electron chi connectivity index (χ1n) is 11.5. The Labute approximate surface area is 235 Å². The normalized spacial score (nSPS) is 16.1. The number of aromatic nitrogens is 2. The molecule has 2 aromatic carbocycles. The van der Waals surface area contributed by atoms with Gasteiger partial charge >= 0.3 is 7.52 Å². The van der Waals surface area contributed by atoms with E-state index in [9.17, 15) is 23.7 Å². The van der Waals surface area contributed by atoms with Crippen LogP contribution in [0.25, 0.3) is 10.6 Å². The third kappa shape index (κ3) is 5.24. The average Bonchev–Trinajstić information content (AvgIpc) is 3.46.